The SMILES string of the molecule is O=C(N/N=C\c1ccc(OCc2c(Cl)cccc2Cl)cc1)C(=O)Nc1ccccc1Cl. The zero-order chi connectivity index (χ0) is 22.2. The summed E-state index contributed by atoms with van der Waals surface area (Å²) < 4.78 is 5.70. The number of carbonyl (C=O) groups excluding carboxylic acids is 2. The fourth-order valence-corrected chi connectivity index (χ4v) is 3.12. The molecule has 0 aromatic heterocycles. The Morgan fingerprint density at radius 2 is 1.48 bits per heavy atom. The van der Waals surface area contributed by atoms with E-state index in [1.54, 1.807) is 66.7 Å². The van der Waals surface area contributed by atoms with Crippen LogP contribution in [0.2, 0.25) is 15.1 Å². The van der Waals surface area contributed by atoms with E-state index < -0.39 is 11.8 Å². The van der Waals surface area contributed by atoms with Crippen molar-refractivity contribution in [1.82, 2.24) is 5.43 Å². The number of anilines is 1. The lowest BCUT2D eigenvalue weighted by molar-refractivity contribution is -0.136. The molecule has 9 heteroatoms. The van der Waals surface area contributed by atoms with Crippen molar-refractivity contribution in [2.24, 2.45) is 5.10 Å². The minimum absolute atomic E-state index is 0.225. The second-order valence-corrected chi connectivity index (χ2v) is 7.41. The zero-order valence-electron chi connectivity index (χ0n) is 15.9. The van der Waals surface area contributed by atoms with E-state index in [-0.39, 0.29) is 6.61 Å². The highest BCUT2D eigenvalue weighted by Gasteiger charge is 2.14. The minimum atomic E-state index is -0.923. The average Bonchev–Trinajstić information content (AvgIpc) is 2.76. The highest BCUT2D eigenvalue weighted by Crippen LogP contribution is 2.26. The summed E-state index contributed by atoms with van der Waals surface area (Å²) in [6, 6.07) is 18.8. The fourth-order valence-electron chi connectivity index (χ4n) is 2.43. The van der Waals surface area contributed by atoms with Crippen molar-refractivity contribution in [3.8, 4) is 5.75 Å². The van der Waals surface area contributed by atoms with E-state index in [1.165, 1.54) is 6.21 Å². The van der Waals surface area contributed by atoms with Gasteiger partial charge in [0.1, 0.15) is 12.4 Å². The van der Waals surface area contributed by atoms with E-state index in [0.717, 1.165) is 0 Å². The number of carbonyl (C=O) groups is 2. The second-order valence-electron chi connectivity index (χ2n) is 6.19. The second kappa shape index (κ2) is 10.8. The van der Waals surface area contributed by atoms with E-state index in [1.807, 2.05) is 0 Å². The minimum Gasteiger partial charge on any atom is -0.489 e. The molecule has 0 heterocycles. The summed E-state index contributed by atoms with van der Waals surface area (Å²) in [6.45, 7) is 0.225. The maximum Gasteiger partial charge on any atom is 0.329 e. The first kappa shape index (κ1) is 22.6. The Morgan fingerprint density at radius 3 is 2.16 bits per heavy atom. The number of para-hydroxylation sites is 1. The van der Waals surface area contributed by atoms with Crippen LogP contribution < -0.4 is 15.5 Å². The first-order valence-corrected chi connectivity index (χ1v) is 10.1. The molecule has 0 radical (unpaired) electrons. The molecule has 0 aliphatic rings. The molecule has 2 amide bonds. The number of hydrazone groups is 1. The normalized spacial score (nSPS) is 10.7. The van der Waals surface area contributed by atoms with Gasteiger partial charge in [-0.15, -0.1) is 0 Å². The van der Waals surface area contributed by atoms with Crippen LogP contribution in [0.1, 0.15) is 11.1 Å². The Kier molecular flexibility index (Phi) is 7.89. The van der Waals surface area contributed by atoms with Crippen LogP contribution in [0.15, 0.2) is 71.8 Å². The number of amides is 2. The third kappa shape index (κ3) is 6.46. The van der Waals surface area contributed by atoms with Crippen molar-refractivity contribution in [1.29, 1.82) is 0 Å². The summed E-state index contributed by atoms with van der Waals surface area (Å²) in [4.78, 5) is 23.8. The van der Waals surface area contributed by atoms with Crippen molar-refractivity contribution in [3.63, 3.8) is 0 Å². The molecule has 0 fully saturated rings. The molecule has 0 unspecified atom stereocenters. The number of rotatable bonds is 6. The summed E-state index contributed by atoms with van der Waals surface area (Å²) in [5.74, 6) is -1.20. The van der Waals surface area contributed by atoms with Gasteiger partial charge in [0, 0.05) is 15.6 Å². The van der Waals surface area contributed by atoms with Gasteiger partial charge < -0.3 is 10.1 Å². The van der Waals surface area contributed by atoms with Gasteiger partial charge in [-0.2, -0.15) is 5.10 Å². The summed E-state index contributed by atoms with van der Waals surface area (Å²) in [7, 11) is 0. The number of ether oxygens (including phenoxy) is 1. The zero-order valence-corrected chi connectivity index (χ0v) is 18.2. The third-order valence-corrected chi connectivity index (χ3v) is 5.07. The molecule has 3 rings (SSSR count). The summed E-state index contributed by atoms with van der Waals surface area (Å²) in [5, 5.41) is 7.58. The molecule has 3 aromatic rings. The molecule has 3 aromatic carbocycles. The molecular formula is C22H16Cl3N3O3. The molecule has 158 valence electrons. The van der Waals surface area contributed by atoms with Crippen LogP contribution in [0.3, 0.4) is 0 Å². The predicted molar refractivity (Wildman–Crippen MR) is 123 cm³/mol. The van der Waals surface area contributed by atoms with Crippen molar-refractivity contribution < 1.29 is 14.3 Å². The first-order chi connectivity index (χ1) is 14.9. The number of benzene rings is 3. The molecule has 0 saturated carbocycles. The standard InChI is InChI=1S/C22H16Cl3N3O3/c23-17-5-3-6-18(24)16(17)13-31-15-10-8-14(9-11-15)12-26-28-22(30)21(29)27-20-7-2-1-4-19(20)25/h1-12H,13H2,(H,27,29)(H,28,30)/b26-12-. The number of nitrogens with zero attached hydrogens (tertiary/aromatic N) is 1. The number of nitrogens with one attached hydrogen (secondary N) is 2. The van der Waals surface area contributed by atoms with Crippen molar-refractivity contribution in [3.05, 3.63) is 92.9 Å². The van der Waals surface area contributed by atoms with E-state index in [2.05, 4.69) is 15.8 Å². The predicted octanol–water partition coefficient (Wildman–Crippen LogP) is 5.31. The molecule has 6 nitrogen and oxygen atoms in total. The Bertz CT molecular complexity index is 1100. The summed E-state index contributed by atoms with van der Waals surface area (Å²) >= 11 is 18.2. The molecule has 0 aliphatic heterocycles. The van der Waals surface area contributed by atoms with Gasteiger partial charge in [-0.3, -0.25) is 9.59 Å². The Labute approximate surface area is 193 Å². The molecule has 0 atom stereocenters. The van der Waals surface area contributed by atoms with E-state index in [4.69, 9.17) is 39.5 Å². The number of hydrogen-bond acceptors (Lipinski definition) is 4. The van der Waals surface area contributed by atoms with Crippen LogP contribution in [0.4, 0.5) is 5.69 Å². The van der Waals surface area contributed by atoms with Crippen LogP contribution in [0.25, 0.3) is 0 Å². The number of hydrogen-bond donors (Lipinski definition) is 2. The van der Waals surface area contributed by atoms with Crippen LogP contribution in [0.5, 0.6) is 5.75 Å². The maximum atomic E-state index is 11.9. The topological polar surface area (TPSA) is 79.8 Å². The van der Waals surface area contributed by atoms with Gasteiger partial charge in [0.05, 0.1) is 16.9 Å². The highest BCUT2D eigenvalue weighted by molar-refractivity contribution is 6.41. The van der Waals surface area contributed by atoms with Gasteiger partial charge in [-0.1, -0.05) is 53.0 Å². The smallest absolute Gasteiger partial charge is 0.329 e. The van der Waals surface area contributed by atoms with Crippen molar-refractivity contribution in [2.75, 3.05) is 5.32 Å². The van der Waals surface area contributed by atoms with Gasteiger partial charge in [0.25, 0.3) is 0 Å². The third-order valence-electron chi connectivity index (χ3n) is 4.03. The number of halogens is 3. The Hall–Kier alpha value is -3.06. The molecule has 0 aliphatic carbocycles. The van der Waals surface area contributed by atoms with Gasteiger partial charge >= 0.3 is 11.8 Å². The largest absolute Gasteiger partial charge is 0.489 e. The van der Waals surface area contributed by atoms with Crippen molar-refractivity contribution >= 4 is 58.5 Å². The monoisotopic (exact) mass is 475 g/mol. The Morgan fingerprint density at radius 1 is 0.839 bits per heavy atom. The van der Waals surface area contributed by atoms with Crippen LogP contribution in [-0.2, 0) is 16.2 Å². The van der Waals surface area contributed by atoms with Gasteiger partial charge in [-0.05, 0) is 54.1 Å². The molecule has 0 bridgehead atoms. The van der Waals surface area contributed by atoms with Crippen LogP contribution >= 0.6 is 34.8 Å². The highest BCUT2D eigenvalue weighted by atomic mass is 35.5. The lowest BCUT2D eigenvalue weighted by atomic mass is 10.2. The molecule has 31 heavy (non-hydrogen) atoms. The maximum absolute atomic E-state index is 11.9. The summed E-state index contributed by atoms with van der Waals surface area (Å²) in [5.41, 5.74) is 3.89. The summed E-state index contributed by atoms with van der Waals surface area (Å²) in [6.07, 6.45) is 1.40. The van der Waals surface area contributed by atoms with Crippen molar-refractivity contribution in [2.45, 2.75) is 6.61 Å². The van der Waals surface area contributed by atoms with Gasteiger partial charge in [0.2, 0.25) is 0 Å². The quantitative estimate of drug-likeness (QED) is 0.287. The lowest BCUT2D eigenvalue weighted by Gasteiger charge is -2.09. The van der Waals surface area contributed by atoms with Crippen LogP contribution in [-0.4, -0.2) is 18.0 Å². The molecule has 2 N–H and O–H groups in total. The molecular weight excluding hydrogens is 461 g/mol. The Balaban J connectivity index is 1.50. The van der Waals surface area contributed by atoms with E-state index in [9.17, 15) is 9.59 Å². The van der Waals surface area contributed by atoms with E-state index in [0.29, 0.717) is 37.6 Å². The van der Waals surface area contributed by atoms with Gasteiger partial charge in [0.15, 0.2) is 0 Å². The first-order valence-electron chi connectivity index (χ1n) is 8.98. The van der Waals surface area contributed by atoms with E-state index >= 15 is 0 Å². The van der Waals surface area contributed by atoms with Gasteiger partial charge in [-0.25, -0.2) is 5.43 Å². The molecule has 0 spiro atoms. The van der Waals surface area contributed by atoms with Crippen LogP contribution in [0, 0.1) is 0 Å². The molecule has 0 saturated heterocycles. The fraction of sp³-hybridized carbons (Fsp3) is 0.0455. The average molecular weight is 477 g/mol. The lowest BCUT2D eigenvalue weighted by Crippen LogP contribution is -2.32.